The zero-order valence-corrected chi connectivity index (χ0v) is 10.3. The summed E-state index contributed by atoms with van der Waals surface area (Å²) >= 11 is 0. The van der Waals surface area contributed by atoms with Crippen molar-refractivity contribution in [3.8, 4) is 0 Å². The minimum absolute atomic E-state index is 0.288. The highest BCUT2D eigenvalue weighted by Gasteiger charge is 2.23. The molecule has 2 N–H and O–H groups in total. The maximum Gasteiger partial charge on any atom is 0.182 e. The first kappa shape index (κ1) is 11.7. The molecule has 3 rings (SSSR count). The van der Waals surface area contributed by atoms with E-state index >= 15 is 0 Å². The first-order valence-corrected chi connectivity index (χ1v) is 6.35. The Balaban J connectivity index is 2.05. The molecule has 2 atom stereocenters. The van der Waals surface area contributed by atoms with Crippen LogP contribution in [0.5, 0.6) is 0 Å². The second kappa shape index (κ2) is 4.35. The van der Waals surface area contributed by atoms with Crippen LogP contribution >= 0.6 is 0 Å². The van der Waals surface area contributed by atoms with Crippen LogP contribution in [0.25, 0.3) is 10.9 Å². The molecular weight excluding hydrogens is 234 g/mol. The van der Waals surface area contributed by atoms with E-state index in [1.165, 1.54) is 6.07 Å². The molecule has 18 heavy (non-hydrogen) atoms. The third kappa shape index (κ3) is 1.81. The van der Waals surface area contributed by atoms with E-state index in [1.807, 2.05) is 6.20 Å². The molecule has 1 aliphatic heterocycles. The van der Waals surface area contributed by atoms with Gasteiger partial charge in [0.2, 0.25) is 0 Å². The van der Waals surface area contributed by atoms with Gasteiger partial charge in [-0.05, 0) is 49.9 Å². The molecule has 4 heteroatoms. The largest absolute Gasteiger partial charge is 0.358 e. The van der Waals surface area contributed by atoms with Gasteiger partial charge in [-0.3, -0.25) is 0 Å². The van der Waals surface area contributed by atoms with E-state index in [0.29, 0.717) is 12.0 Å². The van der Waals surface area contributed by atoms with Crippen LogP contribution in [-0.4, -0.2) is 17.6 Å². The van der Waals surface area contributed by atoms with Crippen molar-refractivity contribution >= 4 is 10.9 Å². The Kier molecular flexibility index (Phi) is 2.82. The Hall–Kier alpha value is -1.42. The summed E-state index contributed by atoms with van der Waals surface area (Å²) in [7, 11) is 0. The Labute approximate surface area is 104 Å². The molecule has 1 fully saturated rings. The summed E-state index contributed by atoms with van der Waals surface area (Å²) in [5.41, 5.74) is 1.40. The lowest BCUT2D eigenvalue weighted by molar-refractivity contribution is 0.382. The molecule has 2 aromatic rings. The first-order valence-electron chi connectivity index (χ1n) is 6.35. The summed E-state index contributed by atoms with van der Waals surface area (Å²) in [5, 5.41) is 4.21. The molecule has 0 bridgehead atoms. The molecule has 0 amide bonds. The fourth-order valence-electron chi connectivity index (χ4n) is 2.91. The average Bonchev–Trinajstić information content (AvgIpc) is 2.78. The van der Waals surface area contributed by atoms with E-state index in [9.17, 15) is 8.78 Å². The van der Waals surface area contributed by atoms with Crippen LogP contribution in [-0.2, 0) is 0 Å². The molecule has 1 aliphatic rings. The molecule has 0 radical (unpaired) electrons. The van der Waals surface area contributed by atoms with Crippen molar-refractivity contribution < 1.29 is 8.78 Å². The van der Waals surface area contributed by atoms with Crippen LogP contribution in [0.4, 0.5) is 8.78 Å². The number of hydrogen-bond acceptors (Lipinski definition) is 1. The number of nitrogens with one attached hydrogen (secondary N) is 2. The van der Waals surface area contributed by atoms with Crippen LogP contribution in [0.1, 0.15) is 31.2 Å². The number of aromatic nitrogens is 1. The second-order valence-electron chi connectivity index (χ2n) is 5.10. The Bertz CT molecular complexity index is 576. The van der Waals surface area contributed by atoms with E-state index in [-0.39, 0.29) is 5.52 Å². The maximum absolute atomic E-state index is 13.6. The zero-order chi connectivity index (χ0) is 12.7. The normalized spacial score (nSPS) is 24.6. The van der Waals surface area contributed by atoms with Crippen molar-refractivity contribution in [1.29, 1.82) is 0 Å². The zero-order valence-electron chi connectivity index (χ0n) is 10.3. The molecule has 2 nitrogen and oxygen atoms in total. The molecule has 0 spiro atoms. The maximum atomic E-state index is 13.6. The van der Waals surface area contributed by atoms with Crippen molar-refractivity contribution in [2.45, 2.75) is 31.7 Å². The quantitative estimate of drug-likeness (QED) is 0.798. The SMILES string of the molecule is C[C@H]1C[C@H](c2c[nH]c3c(F)c(F)ccc23)CCN1. The van der Waals surface area contributed by atoms with Crippen molar-refractivity contribution in [3.05, 3.63) is 35.5 Å². The third-order valence-corrected chi connectivity index (χ3v) is 3.84. The summed E-state index contributed by atoms with van der Waals surface area (Å²) in [5.74, 6) is -1.16. The van der Waals surface area contributed by atoms with Gasteiger partial charge in [-0.2, -0.15) is 0 Å². The van der Waals surface area contributed by atoms with E-state index in [4.69, 9.17) is 0 Å². The van der Waals surface area contributed by atoms with E-state index < -0.39 is 11.6 Å². The minimum Gasteiger partial charge on any atom is -0.358 e. The van der Waals surface area contributed by atoms with E-state index in [1.54, 1.807) is 6.07 Å². The Morgan fingerprint density at radius 1 is 1.28 bits per heavy atom. The highest BCUT2D eigenvalue weighted by Crippen LogP contribution is 2.34. The first-order chi connectivity index (χ1) is 8.66. The van der Waals surface area contributed by atoms with Crippen LogP contribution in [0.3, 0.4) is 0 Å². The lowest BCUT2D eigenvalue weighted by Crippen LogP contribution is -2.34. The van der Waals surface area contributed by atoms with Crippen LogP contribution in [0, 0.1) is 11.6 Å². The fourth-order valence-corrected chi connectivity index (χ4v) is 2.91. The smallest absolute Gasteiger partial charge is 0.182 e. The molecular formula is C14H16F2N2. The van der Waals surface area contributed by atoms with Gasteiger partial charge in [-0.1, -0.05) is 0 Å². The summed E-state index contributed by atoms with van der Waals surface area (Å²) in [6, 6.07) is 3.35. The summed E-state index contributed by atoms with van der Waals surface area (Å²) in [6.45, 7) is 3.13. The van der Waals surface area contributed by atoms with Crippen LogP contribution in [0.15, 0.2) is 18.3 Å². The van der Waals surface area contributed by atoms with Gasteiger partial charge in [-0.25, -0.2) is 8.78 Å². The topological polar surface area (TPSA) is 27.8 Å². The molecule has 1 aromatic carbocycles. The van der Waals surface area contributed by atoms with Crippen molar-refractivity contribution in [1.82, 2.24) is 10.3 Å². The lowest BCUT2D eigenvalue weighted by Gasteiger charge is -2.27. The minimum atomic E-state index is -0.797. The van der Waals surface area contributed by atoms with Gasteiger partial charge in [-0.15, -0.1) is 0 Å². The van der Waals surface area contributed by atoms with Gasteiger partial charge in [0.05, 0.1) is 5.52 Å². The monoisotopic (exact) mass is 250 g/mol. The van der Waals surface area contributed by atoms with E-state index in [0.717, 1.165) is 30.3 Å². The number of halogens is 2. The Morgan fingerprint density at radius 2 is 2.11 bits per heavy atom. The summed E-state index contributed by atoms with van der Waals surface area (Å²) in [4.78, 5) is 2.87. The van der Waals surface area contributed by atoms with Crippen molar-refractivity contribution in [2.24, 2.45) is 0 Å². The molecule has 1 aromatic heterocycles. The van der Waals surface area contributed by atoms with Gasteiger partial charge < -0.3 is 10.3 Å². The molecule has 2 heterocycles. The van der Waals surface area contributed by atoms with Crippen LogP contribution < -0.4 is 5.32 Å². The third-order valence-electron chi connectivity index (χ3n) is 3.84. The van der Waals surface area contributed by atoms with Gasteiger partial charge in [0.1, 0.15) is 0 Å². The number of rotatable bonds is 1. The van der Waals surface area contributed by atoms with Crippen molar-refractivity contribution in [2.75, 3.05) is 6.54 Å². The summed E-state index contributed by atoms with van der Waals surface area (Å²) < 4.78 is 26.8. The van der Waals surface area contributed by atoms with Gasteiger partial charge >= 0.3 is 0 Å². The molecule has 96 valence electrons. The average molecular weight is 250 g/mol. The highest BCUT2D eigenvalue weighted by molar-refractivity contribution is 5.84. The van der Waals surface area contributed by atoms with E-state index in [2.05, 4.69) is 17.2 Å². The number of benzene rings is 1. The summed E-state index contributed by atoms with van der Waals surface area (Å²) in [6.07, 6.45) is 3.90. The number of fused-ring (bicyclic) bond motifs is 1. The fraction of sp³-hybridized carbons (Fsp3) is 0.429. The highest BCUT2D eigenvalue weighted by atomic mass is 19.2. The molecule has 1 saturated heterocycles. The number of piperidine rings is 1. The van der Waals surface area contributed by atoms with Gasteiger partial charge in [0, 0.05) is 17.6 Å². The Morgan fingerprint density at radius 3 is 2.89 bits per heavy atom. The molecule has 0 saturated carbocycles. The number of hydrogen-bond donors (Lipinski definition) is 2. The van der Waals surface area contributed by atoms with Crippen molar-refractivity contribution in [3.63, 3.8) is 0 Å². The van der Waals surface area contributed by atoms with Gasteiger partial charge in [0.15, 0.2) is 11.6 Å². The lowest BCUT2D eigenvalue weighted by atomic mass is 9.87. The predicted octanol–water partition coefficient (Wildman–Crippen LogP) is 3.30. The molecule has 0 aliphatic carbocycles. The standard InChI is InChI=1S/C14H16F2N2/c1-8-6-9(4-5-17-8)11-7-18-14-10(11)2-3-12(15)13(14)16/h2-3,7-9,17-18H,4-6H2,1H3/t8-,9+/m0/s1. The predicted molar refractivity (Wildman–Crippen MR) is 67.7 cm³/mol. The number of H-pyrrole nitrogens is 1. The second-order valence-corrected chi connectivity index (χ2v) is 5.10. The molecule has 0 unspecified atom stereocenters. The van der Waals surface area contributed by atoms with Gasteiger partial charge in [0.25, 0.3) is 0 Å². The van der Waals surface area contributed by atoms with Crippen LogP contribution in [0.2, 0.25) is 0 Å². The number of aromatic amines is 1.